The van der Waals surface area contributed by atoms with E-state index in [-0.39, 0.29) is 5.41 Å². The zero-order valence-corrected chi connectivity index (χ0v) is 17.8. The Morgan fingerprint density at radius 3 is 2.43 bits per heavy atom. The van der Waals surface area contributed by atoms with Gasteiger partial charge in [0.1, 0.15) is 8.07 Å². The summed E-state index contributed by atoms with van der Waals surface area (Å²) in [5.41, 5.74) is 8.13. The molecular formula is C26H23NSi. The third-order valence-corrected chi connectivity index (χ3v) is 10.6. The molecule has 2 heteroatoms. The molecule has 2 aliphatic rings. The number of fused-ring (bicyclic) bond motifs is 4. The highest BCUT2D eigenvalue weighted by Gasteiger charge is 2.45. The second-order valence-corrected chi connectivity index (χ2v) is 13.6. The average molecular weight is 378 g/mol. The fourth-order valence-corrected chi connectivity index (χ4v) is 8.77. The van der Waals surface area contributed by atoms with Gasteiger partial charge in [0, 0.05) is 22.7 Å². The van der Waals surface area contributed by atoms with Crippen LogP contribution < -0.4 is 10.4 Å². The number of hydrogen-bond donors (Lipinski definition) is 0. The molecule has 0 saturated carbocycles. The van der Waals surface area contributed by atoms with Crippen LogP contribution in [0.3, 0.4) is 0 Å². The second kappa shape index (κ2) is 5.01. The van der Waals surface area contributed by atoms with Gasteiger partial charge in [0.25, 0.3) is 0 Å². The molecule has 28 heavy (non-hydrogen) atoms. The van der Waals surface area contributed by atoms with Gasteiger partial charge in [0.15, 0.2) is 0 Å². The zero-order chi connectivity index (χ0) is 19.3. The van der Waals surface area contributed by atoms with Crippen molar-refractivity contribution in [2.45, 2.75) is 32.4 Å². The van der Waals surface area contributed by atoms with Crippen molar-refractivity contribution in [1.82, 2.24) is 4.98 Å². The number of nitrogens with zero attached hydrogens (tertiary/aromatic N) is 1. The lowest BCUT2D eigenvalue weighted by molar-refractivity contribution is 0.653. The Balaban J connectivity index is 1.91. The number of benzene rings is 3. The van der Waals surface area contributed by atoms with Crippen LogP contribution in [0.1, 0.15) is 25.0 Å². The van der Waals surface area contributed by atoms with Crippen LogP contribution in [0.5, 0.6) is 0 Å². The molecule has 0 unspecified atom stereocenters. The van der Waals surface area contributed by atoms with E-state index in [1.807, 2.05) is 6.20 Å². The van der Waals surface area contributed by atoms with Crippen molar-refractivity contribution in [2.75, 3.05) is 0 Å². The maximum absolute atomic E-state index is 4.97. The molecular weight excluding hydrogens is 354 g/mol. The number of aromatic nitrogens is 1. The van der Waals surface area contributed by atoms with Crippen molar-refractivity contribution >= 4 is 29.2 Å². The van der Waals surface area contributed by atoms with Crippen molar-refractivity contribution in [3.8, 4) is 22.4 Å². The summed E-state index contributed by atoms with van der Waals surface area (Å²) >= 11 is 0. The van der Waals surface area contributed by atoms with Gasteiger partial charge < -0.3 is 0 Å². The molecule has 4 aromatic rings. The third-order valence-electron chi connectivity index (χ3n) is 7.09. The quantitative estimate of drug-likeness (QED) is 0.377. The molecule has 0 saturated heterocycles. The Bertz CT molecular complexity index is 1310. The maximum Gasteiger partial charge on any atom is 0.114 e. The fourth-order valence-electron chi connectivity index (χ4n) is 5.73. The molecule has 0 bridgehead atoms. The molecule has 1 aliphatic carbocycles. The second-order valence-electron chi connectivity index (χ2n) is 9.27. The summed E-state index contributed by atoms with van der Waals surface area (Å²) in [5.74, 6) is 0. The lowest BCUT2D eigenvalue weighted by Gasteiger charge is -2.31. The van der Waals surface area contributed by atoms with Gasteiger partial charge in [-0.05, 0) is 43.9 Å². The third kappa shape index (κ3) is 1.75. The van der Waals surface area contributed by atoms with Crippen LogP contribution in [0, 0.1) is 0 Å². The van der Waals surface area contributed by atoms with Gasteiger partial charge in [-0.25, -0.2) is 0 Å². The normalized spacial score (nSPS) is 17.1. The summed E-state index contributed by atoms with van der Waals surface area (Å²) < 4.78 is 0. The van der Waals surface area contributed by atoms with Crippen LogP contribution in [0.2, 0.25) is 13.1 Å². The molecule has 3 aromatic carbocycles. The Labute approximate surface area is 167 Å². The predicted molar refractivity (Wildman–Crippen MR) is 121 cm³/mol. The average Bonchev–Trinajstić information content (AvgIpc) is 2.89. The molecule has 0 spiro atoms. The summed E-state index contributed by atoms with van der Waals surface area (Å²) in [6.07, 6.45) is 2.03. The Morgan fingerprint density at radius 2 is 1.57 bits per heavy atom. The van der Waals surface area contributed by atoms with Gasteiger partial charge in [0.05, 0.1) is 5.69 Å². The van der Waals surface area contributed by atoms with Gasteiger partial charge in [-0.2, -0.15) is 0 Å². The van der Waals surface area contributed by atoms with Crippen LogP contribution in [0.4, 0.5) is 0 Å². The van der Waals surface area contributed by atoms with E-state index < -0.39 is 8.07 Å². The van der Waals surface area contributed by atoms with Gasteiger partial charge in [-0.1, -0.05) is 81.5 Å². The lowest BCUT2D eigenvalue weighted by Crippen LogP contribution is -2.49. The van der Waals surface area contributed by atoms with Gasteiger partial charge >= 0.3 is 0 Å². The summed E-state index contributed by atoms with van der Waals surface area (Å²) in [5, 5.41) is 5.76. The first-order valence-electron chi connectivity index (χ1n) is 10.1. The van der Waals surface area contributed by atoms with Gasteiger partial charge in [-0.15, -0.1) is 0 Å². The minimum Gasteiger partial charge on any atom is -0.256 e. The SMILES string of the molecule is CC1(C)c2cccc3c2-c2c(ccnc2-c2ccc4ccccc4c21)[Si]3(C)C. The summed E-state index contributed by atoms with van der Waals surface area (Å²) in [6, 6.07) is 22.7. The van der Waals surface area contributed by atoms with E-state index in [0.717, 1.165) is 0 Å². The monoisotopic (exact) mass is 377 g/mol. The van der Waals surface area contributed by atoms with Gasteiger partial charge in [0.2, 0.25) is 0 Å². The molecule has 0 atom stereocenters. The molecule has 1 aliphatic heterocycles. The minimum absolute atomic E-state index is 0.0890. The van der Waals surface area contributed by atoms with E-state index >= 15 is 0 Å². The van der Waals surface area contributed by atoms with E-state index in [1.165, 1.54) is 49.5 Å². The van der Waals surface area contributed by atoms with Crippen LogP contribution in [-0.4, -0.2) is 13.1 Å². The molecule has 0 amide bonds. The zero-order valence-electron chi connectivity index (χ0n) is 16.8. The van der Waals surface area contributed by atoms with Crippen LogP contribution >= 0.6 is 0 Å². The largest absolute Gasteiger partial charge is 0.256 e. The van der Waals surface area contributed by atoms with E-state index in [0.29, 0.717) is 0 Å². The molecule has 136 valence electrons. The highest BCUT2D eigenvalue weighted by Crippen LogP contribution is 2.51. The molecule has 0 N–H and O–H groups in total. The Kier molecular flexibility index (Phi) is 2.91. The maximum atomic E-state index is 4.97. The van der Waals surface area contributed by atoms with E-state index in [1.54, 1.807) is 5.19 Å². The first-order chi connectivity index (χ1) is 13.4. The van der Waals surface area contributed by atoms with Gasteiger partial charge in [-0.3, -0.25) is 4.98 Å². The molecule has 0 radical (unpaired) electrons. The van der Waals surface area contributed by atoms with Crippen molar-refractivity contribution < 1.29 is 0 Å². The first kappa shape index (κ1) is 16.3. The van der Waals surface area contributed by atoms with Crippen molar-refractivity contribution in [1.29, 1.82) is 0 Å². The van der Waals surface area contributed by atoms with Crippen LogP contribution in [0.25, 0.3) is 33.2 Å². The van der Waals surface area contributed by atoms with E-state index in [9.17, 15) is 0 Å². The molecule has 2 heterocycles. The van der Waals surface area contributed by atoms with Crippen molar-refractivity contribution in [2.24, 2.45) is 0 Å². The molecule has 6 rings (SSSR count). The van der Waals surface area contributed by atoms with Crippen LogP contribution in [0.15, 0.2) is 66.9 Å². The van der Waals surface area contributed by atoms with E-state index in [2.05, 4.69) is 87.6 Å². The highest BCUT2D eigenvalue weighted by atomic mass is 28.3. The summed E-state index contributed by atoms with van der Waals surface area (Å²) in [4.78, 5) is 4.97. The van der Waals surface area contributed by atoms with Crippen molar-refractivity contribution in [3.63, 3.8) is 0 Å². The van der Waals surface area contributed by atoms with Crippen molar-refractivity contribution in [3.05, 3.63) is 78.0 Å². The lowest BCUT2D eigenvalue weighted by atomic mass is 9.73. The minimum atomic E-state index is -1.70. The molecule has 1 aromatic heterocycles. The number of pyridine rings is 1. The standard InChI is InChI=1S/C26H23NSi/c1-26(2)19-10-7-11-20-22(19)23-21(28(20,3)4)14-15-27-25(23)18-13-12-16-8-5-6-9-17(16)24(18)26/h5-15H,1-4H3. The smallest absolute Gasteiger partial charge is 0.114 e. The topological polar surface area (TPSA) is 12.9 Å². The summed E-state index contributed by atoms with van der Waals surface area (Å²) in [7, 11) is -1.70. The summed E-state index contributed by atoms with van der Waals surface area (Å²) in [6.45, 7) is 9.76. The highest BCUT2D eigenvalue weighted by molar-refractivity contribution is 7.04. The predicted octanol–water partition coefficient (Wildman–Crippen LogP) is 5.34. The Morgan fingerprint density at radius 1 is 0.786 bits per heavy atom. The molecule has 1 nitrogen and oxygen atoms in total. The number of hydrogen-bond acceptors (Lipinski definition) is 1. The fraction of sp³-hybridized carbons (Fsp3) is 0.192. The first-order valence-corrected chi connectivity index (χ1v) is 13.1. The van der Waals surface area contributed by atoms with Crippen LogP contribution in [-0.2, 0) is 5.41 Å². The number of rotatable bonds is 0. The Hall–Kier alpha value is -2.71. The molecule has 0 fully saturated rings. The van der Waals surface area contributed by atoms with E-state index in [4.69, 9.17) is 4.98 Å².